The second kappa shape index (κ2) is 7.95. The smallest absolute Gasteiger partial charge is 0.203 e. The molecule has 1 heterocycles. The number of nitrogens with one attached hydrogen (secondary N) is 1. The predicted molar refractivity (Wildman–Crippen MR) is 100 cm³/mol. The number of halogens is 1. The molecule has 0 unspecified atom stereocenters. The highest BCUT2D eigenvalue weighted by atomic mass is 35.5. The molecule has 6 heteroatoms. The molecule has 0 aliphatic carbocycles. The summed E-state index contributed by atoms with van der Waals surface area (Å²) in [5, 5.41) is 7.65. The van der Waals surface area contributed by atoms with Crippen LogP contribution in [0.2, 0.25) is 5.02 Å². The normalized spacial score (nSPS) is 10.9. The van der Waals surface area contributed by atoms with Gasteiger partial charge in [0, 0.05) is 10.4 Å². The van der Waals surface area contributed by atoms with Gasteiger partial charge in [0.05, 0.1) is 11.9 Å². The molecule has 0 amide bonds. The first-order valence-corrected chi connectivity index (χ1v) is 8.63. The molecule has 1 aromatic heterocycles. The van der Waals surface area contributed by atoms with Crippen LogP contribution in [0.1, 0.15) is 16.8 Å². The van der Waals surface area contributed by atoms with E-state index in [4.69, 9.17) is 16.3 Å². The van der Waals surface area contributed by atoms with Gasteiger partial charge in [0.2, 0.25) is 5.13 Å². The lowest BCUT2D eigenvalue weighted by Crippen LogP contribution is -1.96. The molecule has 4 nitrogen and oxygen atoms in total. The van der Waals surface area contributed by atoms with Crippen LogP contribution in [0, 0.1) is 6.92 Å². The Labute approximate surface area is 149 Å². The zero-order valence-electron chi connectivity index (χ0n) is 13.1. The Morgan fingerprint density at radius 2 is 2.12 bits per heavy atom. The van der Waals surface area contributed by atoms with E-state index in [-0.39, 0.29) is 0 Å². The molecule has 0 aliphatic heterocycles. The number of ether oxygens (including phenoxy) is 1. The highest BCUT2D eigenvalue weighted by Gasteiger charge is 1.99. The average molecular weight is 358 g/mol. The highest BCUT2D eigenvalue weighted by Crippen LogP contribution is 2.17. The second-order valence-electron chi connectivity index (χ2n) is 5.16. The Balaban J connectivity index is 1.59. The number of hydrogen-bond donors (Lipinski definition) is 1. The van der Waals surface area contributed by atoms with Crippen molar-refractivity contribution >= 4 is 34.3 Å². The molecule has 24 heavy (non-hydrogen) atoms. The van der Waals surface area contributed by atoms with Crippen molar-refractivity contribution in [3.63, 3.8) is 0 Å². The third-order valence-electron chi connectivity index (χ3n) is 3.15. The van der Waals surface area contributed by atoms with Gasteiger partial charge in [0.25, 0.3) is 0 Å². The van der Waals surface area contributed by atoms with Gasteiger partial charge in [-0.25, -0.2) is 4.98 Å². The summed E-state index contributed by atoms with van der Waals surface area (Å²) in [7, 11) is 0. The standard InChI is InChI=1S/C18H16ClN3OS/c1-13-12-24-18(21-13)22-20-10-14-4-3-7-17(9-14)23-11-15-5-2-6-16(19)8-15/h2-10,12H,11H2,1H3,(H,21,22). The maximum Gasteiger partial charge on any atom is 0.203 e. The number of hydrazone groups is 1. The summed E-state index contributed by atoms with van der Waals surface area (Å²) in [5.74, 6) is 0.781. The zero-order chi connectivity index (χ0) is 16.8. The quantitative estimate of drug-likeness (QED) is 0.491. The van der Waals surface area contributed by atoms with E-state index in [9.17, 15) is 0 Å². The fraction of sp³-hybridized carbons (Fsp3) is 0.111. The van der Waals surface area contributed by atoms with E-state index in [0.29, 0.717) is 11.6 Å². The number of aromatic nitrogens is 1. The molecular formula is C18H16ClN3OS. The van der Waals surface area contributed by atoms with Crippen LogP contribution in [0.5, 0.6) is 5.75 Å². The summed E-state index contributed by atoms with van der Waals surface area (Å²) in [6.45, 7) is 2.42. The molecule has 0 saturated heterocycles. The van der Waals surface area contributed by atoms with Crippen LogP contribution in [-0.4, -0.2) is 11.2 Å². The van der Waals surface area contributed by atoms with Crippen molar-refractivity contribution in [2.45, 2.75) is 13.5 Å². The largest absolute Gasteiger partial charge is 0.489 e. The molecule has 0 fully saturated rings. The van der Waals surface area contributed by atoms with Gasteiger partial charge < -0.3 is 4.74 Å². The third kappa shape index (κ3) is 4.81. The molecule has 3 aromatic rings. The molecule has 0 atom stereocenters. The van der Waals surface area contributed by atoms with Crippen molar-refractivity contribution in [1.82, 2.24) is 4.98 Å². The number of hydrogen-bond acceptors (Lipinski definition) is 5. The van der Waals surface area contributed by atoms with Crippen LogP contribution in [-0.2, 0) is 6.61 Å². The Kier molecular flexibility index (Phi) is 5.46. The van der Waals surface area contributed by atoms with Crippen molar-refractivity contribution in [2.24, 2.45) is 5.10 Å². The summed E-state index contributed by atoms with van der Waals surface area (Å²) in [4.78, 5) is 4.29. The minimum absolute atomic E-state index is 0.470. The van der Waals surface area contributed by atoms with Gasteiger partial charge in [-0.2, -0.15) is 5.10 Å². The maximum atomic E-state index is 5.98. The first-order chi connectivity index (χ1) is 11.7. The minimum atomic E-state index is 0.470. The van der Waals surface area contributed by atoms with E-state index in [0.717, 1.165) is 27.7 Å². The van der Waals surface area contributed by atoms with Crippen LogP contribution in [0.25, 0.3) is 0 Å². The Morgan fingerprint density at radius 1 is 1.25 bits per heavy atom. The summed E-state index contributed by atoms with van der Waals surface area (Å²) >= 11 is 7.50. The van der Waals surface area contributed by atoms with Crippen molar-refractivity contribution in [3.8, 4) is 5.75 Å². The molecule has 2 aromatic carbocycles. The number of benzene rings is 2. The van der Waals surface area contributed by atoms with Crippen LogP contribution in [0.15, 0.2) is 59.0 Å². The SMILES string of the molecule is Cc1csc(NN=Cc2cccc(OCc3cccc(Cl)c3)c2)n1. The number of rotatable bonds is 6. The van der Waals surface area contributed by atoms with Gasteiger partial charge in [-0.05, 0) is 42.3 Å². The van der Waals surface area contributed by atoms with Crippen LogP contribution < -0.4 is 10.2 Å². The number of aryl methyl sites for hydroxylation is 1. The van der Waals surface area contributed by atoms with Crippen molar-refractivity contribution in [2.75, 3.05) is 5.43 Å². The average Bonchev–Trinajstić information content (AvgIpc) is 2.99. The molecule has 0 saturated carbocycles. The van der Waals surface area contributed by atoms with Crippen LogP contribution in [0.3, 0.4) is 0 Å². The van der Waals surface area contributed by atoms with Crippen molar-refractivity contribution in [3.05, 3.63) is 75.8 Å². The molecule has 0 radical (unpaired) electrons. The third-order valence-corrected chi connectivity index (χ3v) is 4.25. The minimum Gasteiger partial charge on any atom is -0.489 e. The van der Waals surface area contributed by atoms with Gasteiger partial charge in [0.15, 0.2) is 0 Å². The lowest BCUT2D eigenvalue weighted by Gasteiger charge is -2.07. The lowest BCUT2D eigenvalue weighted by atomic mass is 10.2. The molecular weight excluding hydrogens is 342 g/mol. The first kappa shape index (κ1) is 16.5. The predicted octanol–water partition coefficient (Wildman–Crippen LogP) is 5.13. The maximum absolute atomic E-state index is 5.98. The van der Waals surface area contributed by atoms with Crippen molar-refractivity contribution < 1.29 is 4.74 Å². The van der Waals surface area contributed by atoms with Gasteiger partial charge in [-0.3, -0.25) is 5.43 Å². The molecule has 1 N–H and O–H groups in total. The van der Waals surface area contributed by atoms with E-state index >= 15 is 0 Å². The highest BCUT2D eigenvalue weighted by molar-refractivity contribution is 7.13. The van der Waals surface area contributed by atoms with E-state index in [1.807, 2.05) is 60.8 Å². The van der Waals surface area contributed by atoms with E-state index in [1.54, 1.807) is 6.21 Å². The number of nitrogens with zero attached hydrogens (tertiary/aromatic N) is 2. The summed E-state index contributed by atoms with van der Waals surface area (Å²) in [6, 6.07) is 15.4. The fourth-order valence-electron chi connectivity index (χ4n) is 2.05. The van der Waals surface area contributed by atoms with Gasteiger partial charge in [-0.15, -0.1) is 11.3 Å². The Bertz CT molecular complexity index is 848. The van der Waals surface area contributed by atoms with E-state index in [2.05, 4.69) is 15.5 Å². The zero-order valence-corrected chi connectivity index (χ0v) is 14.6. The number of thiazole rings is 1. The molecule has 3 rings (SSSR count). The topological polar surface area (TPSA) is 46.5 Å². The van der Waals surface area contributed by atoms with Crippen molar-refractivity contribution in [1.29, 1.82) is 0 Å². The fourth-order valence-corrected chi connectivity index (χ4v) is 2.90. The van der Waals surface area contributed by atoms with Gasteiger partial charge in [0.1, 0.15) is 12.4 Å². The van der Waals surface area contributed by atoms with Crippen LogP contribution >= 0.6 is 22.9 Å². The Hall–Kier alpha value is -2.37. The summed E-state index contributed by atoms with van der Waals surface area (Å²) in [6.07, 6.45) is 1.74. The van der Waals surface area contributed by atoms with Gasteiger partial charge >= 0.3 is 0 Å². The lowest BCUT2D eigenvalue weighted by molar-refractivity contribution is 0.306. The number of anilines is 1. The molecule has 0 aliphatic rings. The van der Waals surface area contributed by atoms with Gasteiger partial charge in [-0.1, -0.05) is 35.9 Å². The Morgan fingerprint density at radius 3 is 2.92 bits per heavy atom. The first-order valence-electron chi connectivity index (χ1n) is 7.37. The van der Waals surface area contributed by atoms with Crippen LogP contribution in [0.4, 0.5) is 5.13 Å². The monoisotopic (exact) mass is 357 g/mol. The summed E-state index contributed by atoms with van der Waals surface area (Å²) in [5.41, 5.74) is 5.87. The molecule has 0 bridgehead atoms. The summed E-state index contributed by atoms with van der Waals surface area (Å²) < 4.78 is 5.80. The van der Waals surface area contributed by atoms with E-state index < -0.39 is 0 Å². The van der Waals surface area contributed by atoms with E-state index in [1.165, 1.54) is 11.3 Å². The molecule has 0 spiro atoms. The molecule has 122 valence electrons. The second-order valence-corrected chi connectivity index (χ2v) is 6.45.